The summed E-state index contributed by atoms with van der Waals surface area (Å²) in [6.45, 7) is 0. The zero-order valence-corrected chi connectivity index (χ0v) is 8.68. The van der Waals surface area contributed by atoms with Gasteiger partial charge in [-0.05, 0) is 28.1 Å². The van der Waals surface area contributed by atoms with Gasteiger partial charge in [0, 0.05) is 5.56 Å². The number of H-pyrrole nitrogens is 1. The van der Waals surface area contributed by atoms with E-state index < -0.39 is 0 Å². The van der Waals surface area contributed by atoms with Gasteiger partial charge in [-0.15, -0.1) is 0 Å². The van der Waals surface area contributed by atoms with E-state index in [0.717, 1.165) is 0 Å². The van der Waals surface area contributed by atoms with Crippen LogP contribution in [-0.2, 0) is 0 Å². The zero-order chi connectivity index (χ0) is 10.1. The van der Waals surface area contributed by atoms with Gasteiger partial charge in [-0.3, -0.25) is 0 Å². The molecule has 2 aromatic rings. The van der Waals surface area contributed by atoms with Gasteiger partial charge in [0.25, 0.3) is 0 Å². The molecule has 0 aliphatic rings. The van der Waals surface area contributed by atoms with Gasteiger partial charge in [0.1, 0.15) is 16.1 Å². The van der Waals surface area contributed by atoms with Crippen molar-refractivity contribution in [3.8, 4) is 11.3 Å². The van der Waals surface area contributed by atoms with Gasteiger partial charge in [-0.25, -0.2) is 9.37 Å². The van der Waals surface area contributed by atoms with Crippen LogP contribution < -0.4 is 5.73 Å². The Labute approximate surface area is 88.3 Å². The summed E-state index contributed by atoms with van der Waals surface area (Å²) < 4.78 is 13.9. The largest absolute Gasteiger partial charge is 0.369 e. The van der Waals surface area contributed by atoms with Gasteiger partial charge in [-0.1, -0.05) is 12.1 Å². The van der Waals surface area contributed by atoms with E-state index in [9.17, 15) is 4.39 Å². The summed E-state index contributed by atoms with van der Waals surface area (Å²) in [5, 5.41) is 0. The molecule has 3 nitrogen and oxygen atoms in total. The van der Waals surface area contributed by atoms with Crippen molar-refractivity contribution in [2.45, 2.75) is 0 Å². The third-order valence-electron chi connectivity index (χ3n) is 1.81. The smallest absolute Gasteiger partial charge is 0.198 e. The number of nitrogens with one attached hydrogen (secondary N) is 1. The molecule has 0 saturated carbocycles. The summed E-state index contributed by atoms with van der Waals surface area (Å²) >= 11 is 3.22. The fraction of sp³-hybridized carbons (Fsp3) is 0. The molecule has 0 saturated heterocycles. The Morgan fingerprint density at radius 2 is 2.07 bits per heavy atom. The van der Waals surface area contributed by atoms with Gasteiger partial charge in [0.05, 0.1) is 0 Å². The Morgan fingerprint density at radius 1 is 1.36 bits per heavy atom. The van der Waals surface area contributed by atoms with Gasteiger partial charge < -0.3 is 10.7 Å². The molecule has 0 atom stereocenters. The quantitative estimate of drug-likeness (QED) is 0.823. The van der Waals surface area contributed by atoms with Crippen molar-refractivity contribution in [3.05, 3.63) is 34.7 Å². The van der Waals surface area contributed by atoms with Crippen molar-refractivity contribution >= 4 is 21.9 Å². The molecule has 0 aliphatic carbocycles. The summed E-state index contributed by atoms with van der Waals surface area (Å²) in [4.78, 5) is 6.73. The van der Waals surface area contributed by atoms with Crippen LogP contribution in [0, 0.1) is 5.82 Å². The Balaban J connectivity index is 2.60. The number of aromatic amines is 1. The molecule has 0 amide bonds. The highest BCUT2D eigenvalue weighted by Gasteiger charge is 2.11. The number of aromatic nitrogens is 2. The third-order valence-corrected chi connectivity index (χ3v) is 2.38. The van der Waals surface area contributed by atoms with Gasteiger partial charge in [0.15, 0.2) is 5.95 Å². The predicted octanol–water partition coefficient (Wildman–Crippen LogP) is 2.56. The minimum absolute atomic E-state index is 0.259. The second-order valence-corrected chi connectivity index (χ2v) is 3.56. The molecule has 1 aromatic carbocycles. The summed E-state index contributed by atoms with van der Waals surface area (Å²) in [6, 6.07) is 6.40. The van der Waals surface area contributed by atoms with Crippen LogP contribution in [0.4, 0.5) is 10.3 Å². The van der Waals surface area contributed by atoms with E-state index in [1.807, 2.05) is 0 Å². The molecule has 3 N–H and O–H groups in total. The average molecular weight is 256 g/mol. The molecule has 0 spiro atoms. The molecule has 0 fully saturated rings. The van der Waals surface area contributed by atoms with Crippen molar-refractivity contribution in [2.24, 2.45) is 0 Å². The summed E-state index contributed by atoms with van der Waals surface area (Å²) in [5.41, 5.74) is 6.36. The minimum atomic E-state index is -0.320. The van der Waals surface area contributed by atoms with E-state index in [1.54, 1.807) is 18.2 Å². The highest BCUT2D eigenvalue weighted by atomic mass is 79.9. The third kappa shape index (κ3) is 1.50. The van der Waals surface area contributed by atoms with Gasteiger partial charge in [0.2, 0.25) is 0 Å². The maximum atomic E-state index is 13.3. The van der Waals surface area contributed by atoms with E-state index in [0.29, 0.717) is 15.9 Å². The van der Waals surface area contributed by atoms with Gasteiger partial charge in [-0.2, -0.15) is 0 Å². The molecule has 1 heterocycles. The molecular weight excluding hydrogens is 249 g/mol. The van der Waals surface area contributed by atoms with E-state index >= 15 is 0 Å². The van der Waals surface area contributed by atoms with Crippen LogP contribution in [0.15, 0.2) is 28.9 Å². The Hall–Kier alpha value is -1.36. The maximum Gasteiger partial charge on any atom is 0.198 e. The fourth-order valence-electron chi connectivity index (χ4n) is 1.20. The average Bonchev–Trinajstić information content (AvgIpc) is 2.46. The Kier molecular flexibility index (Phi) is 2.25. The second kappa shape index (κ2) is 3.42. The number of hydrogen-bond acceptors (Lipinski definition) is 2. The number of nitrogen functional groups attached to an aromatic ring is 1. The van der Waals surface area contributed by atoms with Crippen LogP contribution in [0.5, 0.6) is 0 Å². The van der Waals surface area contributed by atoms with Crippen LogP contribution in [0.1, 0.15) is 0 Å². The predicted molar refractivity (Wildman–Crippen MR) is 56.1 cm³/mol. The lowest BCUT2D eigenvalue weighted by Gasteiger charge is -1.98. The van der Waals surface area contributed by atoms with E-state index in [4.69, 9.17) is 5.73 Å². The lowest BCUT2D eigenvalue weighted by atomic mass is 10.1. The number of anilines is 1. The first-order valence-corrected chi connectivity index (χ1v) is 4.73. The number of imidazole rings is 1. The Bertz CT molecular complexity index is 467. The second-order valence-electron chi connectivity index (χ2n) is 2.76. The monoisotopic (exact) mass is 255 g/mol. The molecule has 1 aromatic heterocycles. The van der Waals surface area contributed by atoms with E-state index in [1.165, 1.54) is 6.07 Å². The highest BCUT2D eigenvalue weighted by molar-refractivity contribution is 9.10. The molecule has 2 rings (SSSR count). The maximum absolute atomic E-state index is 13.3. The fourth-order valence-corrected chi connectivity index (χ4v) is 1.71. The molecular formula is C9H7BrFN3. The number of nitrogens with zero attached hydrogens (tertiary/aromatic N) is 1. The van der Waals surface area contributed by atoms with Crippen LogP contribution in [0.25, 0.3) is 11.3 Å². The molecule has 72 valence electrons. The normalized spacial score (nSPS) is 10.4. The number of nitrogens with two attached hydrogens (primary N) is 1. The summed E-state index contributed by atoms with van der Waals surface area (Å²) in [7, 11) is 0. The topological polar surface area (TPSA) is 54.7 Å². The summed E-state index contributed by atoms with van der Waals surface area (Å²) in [5.74, 6) is -0.0603. The van der Waals surface area contributed by atoms with Crippen molar-refractivity contribution in [1.82, 2.24) is 9.97 Å². The van der Waals surface area contributed by atoms with Crippen LogP contribution in [-0.4, -0.2) is 9.97 Å². The van der Waals surface area contributed by atoms with Crippen molar-refractivity contribution in [2.75, 3.05) is 5.73 Å². The van der Waals surface area contributed by atoms with E-state index in [2.05, 4.69) is 25.9 Å². The van der Waals surface area contributed by atoms with E-state index in [-0.39, 0.29) is 11.8 Å². The van der Waals surface area contributed by atoms with Crippen LogP contribution in [0.2, 0.25) is 0 Å². The standard InChI is InChI=1S/C9H7BrFN3/c10-8-7(13-9(12)14-8)5-3-1-2-4-6(5)11/h1-4H,(H3,12,13,14). The van der Waals surface area contributed by atoms with Crippen molar-refractivity contribution < 1.29 is 4.39 Å². The number of benzene rings is 1. The van der Waals surface area contributed by atoms with Crippen molar-refractivity contribution in [1.29, 1.82) is 0 Å². The first kappa shape index (κ1) is 9.21. The highest BCUT2D eigenvalue weighted by Crippen LogP contribution is 2.28. The van der Waals surface area contributed by atoms with Crippen molar-refractivity contribution in [3.63, 3.8) is 0 Å². The number of hydrogen-bond donors (Lipinski definition) is 2. The lowest BCUT2D eigenvalue weighted by molar-refractivity contribution is 0.631. The zero-order valence-electron chi connectivity index (χ0n) is 7.09. The molecule has 0 unspecified atom stereocenters. The number of rotatable bonds is 1. The molecule has 5 heteroatoms. The first-order valence-electron chi connectivity index (χ1n) is 3.94. The molecule has 0 bridgehead atoms. The van der Waals surface area contributed by atoms with Crippen LogP contribution >= 0.6 is 15.9 Å². The molecule has 0 radical (unpaired) electrons. The molecule has 0 aliphatic heterocycles. The first-order chi connectivity index (χ1) is 6.68. The lowest BCUT2D eigenvalue weighted by Crippen LogP contribution is -1.87. The SMILES string of the molecule is Nc1nc(-c2ccccc2F)c(Br)[nH]1. The number of halogens is 2. The van der Waals surface area contributed by atoms with Crippen LogP contribution in [0.3, 0.4) is 0 Å². The Morgan fingerprint density at radius 3 is 2.64 bits per heavy atom. The molecule has 14 heavy (non-hydrogen) atoms. The summed E-state index contributed by atoms with van der Waals surface area (Å²) in [6.07, 6.45) is 0. The van der Waals surface area contributed by atoms with Gasteiger partial charge >= 0.3 is 0 Å². The minimum Gasteiger partial charge on any atom is -0.369 e.